The van der Waals surface area contributed by atoms with Gasteiger partial charge in [0.1, 0.15) is 11.5 Å². The summed E-state index contributed by atoms with van der Waals surface area (Å²) in [5, 5.41) is 9.91. The number of hydrogen-bond acceptors (Lipinski definition) is 4. The van der Waals surface area contributed by atoms with Crippen LogP contribution in [0.4, 0.5) is 0 Å². The molecule has 1 N–H and O–H groups in total. The van der Waals surface area contributed by atoms with Crippen molar-refractivity contribution in [2.24, 2.45) is 0 Å². The van der Waals surface area contributed by atoms with Gasteiger partial charge in [0.05, 0.1) is 26.2 Å². The first-order valence-corrected chi connectivity index (χ1v) is 6.66. The van der Waals surface area contributed by atoms with E-state index in [0.717, 1.165) is 5.56 Å². The lowest BCUT2D eigenvalue weighted by Crippen LogP contribution is -2.34. The molecule has 0 bridgehead atoms. The van der Waals surface area contributed by atoms with E-state index in [0.29, 0.717) is 31.0 Å². The summed E-state index contributed by atoms with van der Waals surface area (Å²) in [4.78, 5) is 14.0. The van der Waals surface area contributed by atoms with Crippen molar-refractivity contribution in [3.8, 4) is 11.5 Å². The number of methoxy groups -OCH3 is 2. The SMILES string of the molecule is COc1ccc(CC(=O)N2CCC(C)(O)C2)c(OC)c1. The molecule has 1 fully saturated rings. The minimum absolute atomic E-state index is 0.00578. The van der Waals surface area contributed by atoms with E-state index in [1.165, 1.54) is 0 Å². The van der Waals surface area contributed by atoms with Gasteiger partial charge in [-0.15, -0.1) is 0 Å². The zero-order valence-corrected chi connectivity index (χ0v) is 12.2. The molecule has 20 heavy (non-hydrogen) atoms. The van der Waals surface area contributed by atoms with E-state index in [-0.39, 0.29) is 12.3 Å². The molecule has 1 unspecified atom stereocenters. The maximum atomic E-state index is 12.3. The molecule has 1 atom stereocenters. The summed E-state index contributed by atoms with van der Waals surface area (Å²) in [6.07, 6.45) is 0.891. The lowest BCUT2D eigenvalue weighted by atomic mass is 10.1. The number of carbonyl (C=O) groups is 1. The number of likely N-dealkylation sites (tertiary alicyclic amines) is 1. The van der Waals surface area contributed by atoms with Crippen molar-refractivity contribution < 1.29 is 19.4 Å². The van der Waals surface area contributed by atoms with Crippen LogP contribution in [0.2, 0.25) is 0 Å². The Morgan fingerprint density at radius 3 is 2.70 bits per heavy atom. The average Bonchev–Trinajstić information content (AvgIpc) is 2.79. The van der Waals surface area contributed by atoms with Crippen molar-refractivity contribution in [1.82, 2.24) is 4.90 Å². The number of carbonyl (C=O) groups excluding carboxylic acids is 1. The van der Waals surface area contributed by atoms with Crippen molar-refractivity contribution in [1.29, 1.82) is 0 Å². The quantitative estimate of drug-likeness (QED) is 0.900. The molecule has 0 aliphatic carbocycles. The number of aliphatic hydroxyl groups is 1. The lowest BCUT2D eigenvalue weighted by molar-refractivity contribution is -0.130. The number of hydrogen-bond donors (Lipinski definition) is 1. The van der Waals surface area contributed by atoms with Crippen LogP contribution in [0.3, 0.4) is 0 Å². The Labute approximate surface area is 119 Å². The first kappa shape index (κ1) is 14.7. The molecule has 1 aromatic rings. The number of ether oxygens (including phenoxy) is 2. The van der Waals surface area contributed by atoms with Crippen molar-refractivity contribution in [2.45, 2.75) is 25.4 Å². The predicted octanol–water partition coefficient (Wildman–Crippen LogP) is 1.23. The molecule has 5 nitrogen and oxygen atoms in total. The fourth-order valence-electron chi connectivity index (χ4n) is 2.43. The maximum Gasteiger partial charge on any atom is 0.227 e. The highest BCUT2D eigenvalue weighted by atomic mass is 16.5. The monoisotopic (exact) mass is 279 g/mol. The van der Waals surface area contributed by atoms with Crippen LogP contribution in [-0.4, -0.2) is 48.8 Å². The third kappa shape index (κ3) is 3.22. The highest BCUT2D eigenvalue weighted by Crippen LogP contribution is 2.26. The van der Waals surface area contributed by atoms with Gasteiger partial charge in [0.2, 0.25) is 5.91 Å². The summed E-state index contributed by atoms with van der Waals surface area (Å²) in [5.41, 5.74) is 0.0597. The summed E-state index contributed by atoms with van der Waals surface area (Å²) in [7, 11) is 3.16. The van der Waals surface area contributed by atoms with Crippen LogP contribution in [0.5, 0.6) is 11.5 Å². The molecule has 1 heterocycles. The van der Waals surface area contributed by atoms with E-state index in [1.807, 2.05) is 12.1 Å². The van der Waals surface area contributed by atoms with Crippen molar-refractivity contribution in [2.75, 3.05) is 27.3 Å². The standard InChI is InChI=1S/C15H21NO4/c1-15(18)6-7-16(10-15)14(17)8-11-4-5-12(19-2)9-13(11)20-3/h4-5,9,18H,6-8,10H2,1-3H3. The molecular formula is C15H21NO4. The van der Waals surface area contributed by atoms with Gasteiger partial charge in [0.15, 0.2) is 0 Å². The van der Waals surface area contributed by atoms with Crippen LogP contribution in [0.25, 0.3) is 0 Å². The van der Waals surface area contributed by atoms with Crippen molar-refractivity contribution in [3.05, 3.63) is 23.8 Å². The molecule has 0 saturated carbocycles. The summed E-state index contributed by atoms with van der Waals surface area (Å²) >= 11 is 0. The molecule has 5 heteroatoms. The van der Waals surface area contributed by atoms with Gasteiger partial charge in [-0.1, -0.05) is 6.07 Å². The van der Waals surface area contributed by atoms with E-state index < -0.39 is 5.60 Å². The number of rotatable bonds is 4. The van der Waals surface area contributed by atoms with Gasteiger partial charge in [0.25, 0.3) is 0 Å². The summed E-state index contributed by atoms with van der Waals surface area (Å²) in [6.45, 7) is 2.75. The minimum Gasteiger partial charge on any atom is -0.497 e. The third-order valence-corrected chi connectivity index (χ3v) is 3.64. The Morgan fingerprint density at radius 1 is 1.40 bits per heavy atom. The minimum atomic E-state index is -0.764. The predicted molar refractivity (Wildman–Crippen MR) is 75.1 cm³/mol. The zero-order valence-electron chi connectivity index (χ0n) is 12.2. The largest absolute Gasteiger partial charge is 0.497 e. The van der Waals surface area contributed by atoms with Gasteiger partial charge in [0, 0.05) is 24.7 Å². The first-order chi connectivity index (χ1) is 9.45. The van der Waals surface area contributed by atoms with Gasteiger partial charge in [-0.25, -0.2) is 0 Å². The second-order valence-electron chi connectivity index (χ2n) is 5.42. The van der Waals surface area contributed by atoms with E-state index in [1.54, 1.807) is 32.1 Å². The Morgan fingerprint density at radius 2 is 2.15 bits per heavy atom. The smallest absolute Gasteiger partial charge is 0.227 e. The van der Waals surface area contributed by atoms with Crippen molar-refractivity contribution in [3.63, 3.8) is 0 Å². The number of amides is 1. The molecule has 1 saturated heterocycles. The summed E-state index contributed by atoms with van der Waals surface area (Å²) < 4.78 is 10.4. The van der Waals surface area contributed by atoms with Crippen LogP contribution >= 0.6 is 0 Å². The molecule has 0 radical (unpaired) electrons. The number of benzene rings is 1. The van der Waals surface area contributed by atoms with Crippen LogP contribution in [0, 0.1) is 0 Å². The Kier molecular flexibility index (Phi) is 4.18. The highest BCUT2D eigenvalue weighted by molar-refractivity contribution is 5.80. The van der Waals surface area contributed by atoms with Gasteiger partial charge < -0.3 is 19.5 Å². The molecular weight excluding hydrogens is 258 g/mol. The normalized spacial score (nSPS) is 21.9. The third-order valence-electron chi connectivity index (χ3n) is 3.64. The molecule has 0 aromatic heterocycles. The summed E-state index contributed by atoms with van der Waals surface area (Å²) in [6, 6.07) is 5.41. The van der Waals surface area contributed by atoms with Crippen LogP contribution < -0.4 is 9.47 Å². The average molecular weight is 279 g/mol. The second-order valence-corrected chi connectivity index (χ2v) is 5.42. The fraction of sp³-hybridized carbons (Fsp3) is 0.533. The lowest BCUT2D eigenvalue weighted by Gasteiger charge is -2.19. The first-order valence-electron chi connectivity index (χ1n) is 6.66. The number of nitrogens with zero attached hydrogens (tertiary/aromatic N) is 1. The topological polar surface area (TPSA) is 59.0 Å². The summed E-state index contributed by atoms with van der Waals surface area (Å²) in [5.74, 6) is 1.34. The van der Waals surface area contributed by atoms with Gasteiger partial charge >= 0.3 is 0 Å². The van der Waals surface area contributed by atoms with E-state index >= 15 is 0 Å². The van der Waals surface area contributed by atoms with Crippen LogP contribution in [0.15, 0.2) is 18.2 Å². The van der Waals surface area contributed by atoms with Gasteiger partial charge in [-0.3, -0.25) is 4.79 Å². The zero-order chi connectivity index (χ0) is 14.8. The second kappa shape index (κ2) is 5.71. The molecule has 1 aliphatic rings. The molecule has 1 aliphatic heterocycles. The molecule has 110 valence electrons. The highest BCUT2D eigenvalue weighted by Gasteiger charge is 2.33. The van der Waals surface area contributed by atoms with Crippen molar-refractivity contribution >= 4 is 5.91 Å². The maximum absolute atomic E-state index is 12.3. The van der Waals surface area contributed by atoms with Gasteiger partial charge in [-0.05, 0) is 19.4 Å². The molecule has 0 spiro atoms. The van der Waals surface area contributed by atoms with Crippen LogP contribution in [-0.2, 0) is 11.2 Å². The molecule has 1 amide bonds. The number of β-amino-alcohol motifs (C(OH)–C–C–N with tert-alkyl or cyclic N) is 1. The van der Waals surface area contributed by atoms with E-state index in [2.05, 4.69) is 0 Å². The van der Waals surface area contributed by atoms with Crippen LogP contribution in [0.1, 0.15) is 18.9 Å². The molecule has 1 aromatic carbocycles. The molecule has 2 rings (SSSR count). The Hall–Kier alpha value is -1.75. The Bertz CT molecular complexity index is 499. The Balaban J connectivity index is 2.08. The fourth-order valence-corrected chi connectivity index (χ4v) is 2.43. The van der Waals surface area contributed by atoms with E-state index in [9.17, 15) is 9.90 Å². The van der Waals surface area contributed by atoms with Gasteiger partial charge in [-0.2, -0.15) is 0 Å². The van der Waals surface area contributed by atoms with E-state index in [4.69, 9.17) is 9.47 Å².